The van der Waals surface area contributed by atoms with Gasteiger partial charge in [-0.05, 0) is 34.5 Å². The summed E-state index contributed by atoms with van der Waals surface area (Å²) in [7, 11) is 0. The lowest BCUT2D eigenvalue weighted by molar-refractivity contribution is 0.211. The number of para-hydroxylation sites is 1. The third kappa shape index (κ3) is 4.53. The van der Waals surface area contributed by atoms with E-state index in [9.17, 15) is 4.79 Å². The van der Waals surface area contributed by atoms with Crippen LogP contribution in [0.1, 0.15) is 11.4 Å². The Hall–Kier alpha value is -1.44. The van der Waals surface area contributed by atoms with Crippen LogP contribution >= 0.6 is 27.3 Å². The van der Waals surface area contributed by atoms with Crippen LogP contribution in [0.15, 0.2) is 40.3 Å². The topological polar surface area (TPSA) is 48.5 Å². The van der Waals surface area contributed by atoms with Gasteiger partial charge in [0.1, 0.15) is 5.01 Å². The van der Waals surface area contributed by atoms with E-state index in [2.05, 4.69) is 31.1 Å². The van der Waals surface area contributed by atoms with Crippen LogP contribution in [0, 0.1) is 0 Å². The fourth-order valence-corrected chi connectivity index (χ4v) is 3.65. The lowest BCUT2D eigenvalue weighted by atomic mass is 10.3. The second kappa shape index (κ2) is 7.90. The molecule has 5 nitrogen and oxygen atoms in total. The van der Waals surface area contributed by atoms with Gasteiger partial charge < -0.3 is 10.2 Å². The highest BCUT2D eigenvalue weighted by Crippen LogP contribution is 2.21. The number of hydrogen-bond acceptors (Lipinski definition) is 4. The predicted molar refractivity (Wildman–Crippen MR) is 96.7 cm³/mol. The molecule has 7 heteroatoms. The lowest BCUT2D eigenvalue weighted by Gasteiger charge is -2.22. The number of halogens is 1. The smallest absolute Gasteiger partial charge is 0.321 e. The number of anilines is 1. The van der Waals surface area contributed by atoms with E-state index >= 15 is 0 Å². The fourth-order valence-electron chi connectivity index (χ4n) is 2.61. The van der Waals surface area contributed by atoms with E-state index in [1.807, 2.05) is 40.7 Å². The Morgan fingerprint density at radius 2 is 2.13 bits per heavy atom. The quantitative estimate of drug-likeness (QED) is 0.863. The van der Waals surface area contributed by atoms with Crippen molar-refractivity contribution in [3.63, 3.8) is 0 Å². The van der Waals surface area contributed by atoms with Crippen molar-refractivity contribution in [1.82, 2.24) is 14.8 Å². The van der Waals surface area contributed by atoms with Gasteiger partial charge in [-0.2, -0.15) is 0 Å². The largest absolute Gasteiger partial charge is 0.323 e. The number of carbonyl (C=O) groups excluding carboxylic acids is 1. The van der Waals surface area contributed by atoms with Crippen LogP contribution in [0.2, 0.25) is 0 Å². The summed E-state index contributed by atoms with van der Waals surface area (Å²) in [6, 6.07) is 7.64. The fraction of sp³-hybridized carbons (Fsp3) is 0.375. The summed E-state index contributed by atoms with van der Waals surface area (Å²) in [5.74, 6) is 0. The highest BCUT2D eigenvalue weighted by molar-refractivity contribution is 9.10. The molecule has 1 saturated heterocycles. The maximum atomic E-state index is 12.5. The molecule has 23 heavy (non-hydrogen) atoms. The number of urea groups is 1. The van der Waals surface area contributed by atoms with Gasteiger partial charge in [0.25, 0.3) is 0 Å². The Balaban J connectivity index is 1.55. The van der Waals surface area contributed by atoms with Gasteiger partial charge >= 0.3 is 6.03 Å². The zero-order chi connectivity index (χ0) is 16.1. The van der Waals surface area contributed by atoms with Gasteiger partial charge in [-0.25, -0.2) is 9.78 Å². The van der Waals surface area contributed by atoms with Crippen molar-refractivity contribution in [3.8, 4) is 0 Å². The molecule has 2 aromatic rings. The maximum Gasteiger partial charge on any atom is 0.321 e. The highest BCUT2D eigenvalue weighted by atomic mass is 79.9. The molecular weight excluding hydrogens is 376 g/mol. The molecule has 0 saturated carbocycles. The third-order valence-electron chi connectivity index (χ3n) is 3.83. The molecule has 0 radical (unpaired) electrons. The second-order valence-corrected chi connectivity index (χ2v) is 7.29. The molecule has 1 aliphatic heterocycles. The molecule has 0 bridgehead atoms. The van der Waals surface area contributed by atoms with Gasteiger partial charge in [0.15, 0.2) is 0 Å². The minimum atomic E-state index is -0.0343. The van der Waals surface area contributed by atoms with Crippen LogP contribution in [-0.4, -0.2) is 47.0 Å². The van der Waals surface area contributed by atoms with E-state index < -0.39 is 0 Å². The normalized spacial score (nSPS) is 16.1. The van der Waals surface area contributed by atoms with E-state index in [-0.39, 0.29) is 6.03 Å². The Morgan fingerprint density at radius 3 is 2.91 bits per heavy atom. The molecule has 0 unspecified atom stereocenters. The van der Waals surface area contributed by atoms with Crippen LogP contribution in [0.4, 0.5) is 10.5 Å². The highest BCUT2D eigenvalue weighted by Gasteiger charge is 2.20. The van der Waals surface area contributed by atoms with Crippen LogP contribution < -0.4 is 5.32 Å². The number of thiazole rings is 1. The molecule has 1 aliphatic rings. The summed E-state index contributed by atoms with van der Waals surface area (Å²) in [6.07, 6.45) is 2.82. The predicted octanol–water partition coefficient (Wildman–Crippen LogP) is 3.65. The molecule has 0 aliphatic carbocycles. The molecule has 1 aromatic carbocycles. The minimum absolute atomic E-state index is 0.0343. The van der Waals surface area contributed by atoms with E-state index in [4.69, 9.17) is 0 Å². The summed E-state index contributed by atoms with van der Waals surface area (Å²) in [5.41, 5.74) is 0.807. The van der Waals surface area contributed by atoms with Gasteiger partial charge in [0, 0.05) is 42.2 Å². The van der Waals surface area contributed by atoms with Gasteiger partial charge in [-0.1, -0.05) is 12.1 Å². The van der Waals surface area contributed by atoms with Crippen molar-refractivity contribution in [3.05, 3.63) is 45.3 Å². The molecule has 0 spiro atoms. The molecule has 2 heterocycles. The summed E-state index contributed by atoms with van der Waals surface area (Å²) >= 11 is 5.14. The number of nitrogens with zero attached hydrogens (tertiary/aromatic N) is 3. The zero-order valence-electron chi connectivity index (χ0n) is 12.7. The van der Waals surface area contributed by atoms with E-state index in [1.54, 1.807) is 11.3 Å². The molecule has 0 atom stereocenters. The second-order valence-electron chi connectivity index (χ2n) is 5.45. The first-order valence-electron chi connectivity index (χ1n) is 7.63. The molecule has 2 amide bonds. The van der Waals surface area contributed by atoms with E-state index in [0.717, 1.165) is 54.3 Å². The molecule has 1 fully saturated rings. The monoisotopic (exact) mass is 394 g/mol. The van der Waals surface area contributed by atoms with Crippen molar-refractivity contribution >= 4 is 39.0 Å². The van der Waals surface area contributed by atoms with Gasteiger partial charge in [-0.15, -0.1) is 11.3 Å². The maximum absolute atomic E-state index is 12.5. The minimum Gasteiger partial charge on any atom is -0.323 e. The molecule has 122 valence electrons. The van der Waals surface area contributed by atoms with Crippen molar-refractivity contribution in [1.29, 1.82) is 0 Å². The van der Waals surface area contributed by atoms with Crippen LogP contribution in [-0.2, 0) is 6.54 Å². The number of carbonyl (C=O) groups is 1. The Labute approximate surface area is 148 Å². The van der Waals surface area contributed by atoms with Crippen molar-refractivity contribution in [2.75, 3.05) is 31.5 Å². The molecular formula is C16H19BrN4OS. The summed E-state index contributed by atoms with van der Waals surface area (Å²) in [5, 5.41) is 6.12. The number of amides is 2. The van der Waals surface area contributed by atoms with Crippen molar-refractivity contribution in [2.24, 2.45) is 0 Å². The van der Waals surface area contributed by atoms with E-state index in [0.29, 0.717) is 0 Å². The summed E-state index contributed by atoms with van der Waals surface area (Å²) in [4.78, 5) is 21.1. The van der Waals surface area contributed by atoms with Crippen LogP contribution in [0.3, 0.4) is 0 Å². The Bertz CT molecular complexity index is 649. The Morgan fingerprint density at radius 1 is 1.26 bits per heavy atom. The molecule has 1 aromatic heterocycles. The Kier molecular flexibility index (Phi) is 5.64. The average Bonchev–Trinajstić information content (AvgIpc) is 2.94. The first-order valence-corrected chi connectivity index (χ1v) is 9.31. The van der Waals surface area contributed by atoms with Gasteiger partial charge in [0.05, 0.1) is 12.2 Å². The number of aromatic nitrogens is 1. The van der Waals surface area contributed by atoms with Gasteiger partial charge in [-0.3, -0.25) is 4.90 Å². The van der Waals surface area contributed by atoms with Gasteiger partial charge in [0.2, 0.25) is 0 Å². The first kappa shape index (κ1) is 16.4. The third-order valence-corrected chi connectivity index (χ3v) is 5.29. The first-order chi connectivity index (χ1) is 11.2. The number of benzene rings is 1. The summed E-state index contributed by atoms with van der Waals surface area (Å²) in [6.45, 7) is 4.27. The standard InChI is InChI=1S/C16H19BrN4OS/c17-13-4-1-2-5-14(13)19-16(22)21-8-3-7-20(9-10-21)12-15-18-6-11-23-15/h1-2,4-6,11H,3,7-10,12H2,(H,19,22). The zero-order valence-corrected chi connectivity index (χ0v) is 15.1. The molecule has 3 rings (SSSR count). The lowest BCUT2D eigenvalue weighted by Crippen LogP contribution is -2.38. The van der Waals surface area contributed by atoms with Crippen molar-refractivity contribution in [2.45, 2.75) is 13.0 Å². The van der Waals surface area contributed by atoms with Crippen molar-refractivity contribution < 1.29 is 4.79 Å². The SMILES string of the molecule is O=C(Nc1ccccc1Br)N1CCCN(Cc2nccs2)CC1. The van der Waals surface area contributed by atoms with Crippen LogP contribution in [0.25, 0.3) is 0 Å². The number of rotatable bonds is 3. The summed E-state index contributed by atoms with van der Waals surface area (Å²) < 4.78 is 0.897. The number of nitrogens with one attached hydrogen (secondary N) is 1. The van der Waals surface area contributed by atoms with E-state index in [1.165, 1.54) is 0 Å². The molecule has 1 N–H and O–H groups in total. The van der Waals surface area contributed by atoms with Crippen LogP contribution in [0.5, 0.6) is 0 Å². The average molecular weight is 395 g/mol. The number of hydrogen-bond donors (Lipinski definition) is 1.